The molecule has 2 N–H and O–H groups in total. The number of nitrogens with one attached hydrogen (secondary N) is 2. The fourth-order valence-electron chi connectivity index (χ4n) is 3.96. The lowest BCUT2D eigenvalue weighted by molar-refractivity contribution is -0.153. The second-order valence-electron chi connectivity index (χ2n) is 10.0. The van der Waals surface area contributed by atoms with Crippen LogP contribution in [0.3, 0.4) is 0 Å². The van der Waals surface area contributed by atoms with Crippen molar-refractivity contribution in [3.63, 3.8) is 0 Å². The van der Waals surface area contributed by atoms with Gasteiger partial charge in [0.05, 0.1) is 7.11 Å². The molecule has 2 aliphatic heterocycles. The van der Waals surface area contributed by atoms with Gasteiger partial charge in [0.25, 0.3) is 11.8 Å². The van der Waals surface area contributed by atoms with Gasteiger partial charge < -0.3 is 24.4 Å². The number of ether oxygens (including phenoxy) is 3. The van der Waals surface area contributed by atoms with Crippen molar-refractivity contribution in [1.29, 1.82) is 0 Å². The van der Waals surface area contributed by atoms with E-state index in [0.29, 0.717) is 17.1 Å². The van der Waals surface area contributed by atoms with E-state index in [-0.39, 0.29) is 34.9 Å². The van der Waals surface area contributed by atoms with Crippen LogP contribution in [-0.2, 0) is 35.3 Å². The number of β-lactam (4-membered cyclic amide) rings is 1. The van der Waals surface area contributed by atoms with Crippen LogP contribution in [0.15, 0.2) is 40.7 Å². The van der Waals surface area contributed by atoms with E-state index in [2.05, 4.69) is 25.1 Å². The maximum Gasteiger partial charge on any atom is 0.414 e. The van der Waals surface area contributed by atoms with Gasteiger partial charge in [-0.1, -0.05) is 17.3 Å². The van der Waals surface area contributed by atoms with Crippen molar-refractivity contribution in [3.05, 3.63) is 46.9 Å². The number of benzene rings is 1. The molecule has 3 amide bonds. The number of fused-ring (bicyclic) bond motifs is 1. The molecular weight excluding hydrogens is 624 g/mol. The summed E-state index contributed by atoms with van der Waals surface area (Å²) >= 11 is 8.25. The van der Waals surface area contributed by atoms with Gasteiger partial charge in [0.2, 0.25) is 16.7 Å². The Morgan fingerprint density at radius 3 is 2.53 bits per heavy atom. The fourth-order valence-corrected chi connectivity index (χ4v) is 6.20. The lowest BCUT2D eigenvalue weighted by Crippen LogP contribution is -2.71. The van der Waals surface area contributed by atoms with Crippen molar-refractivity contribution in [3.8, 4) is 5.75 Å². The van der Waals surface area contributed by atoms with Gasteiger partial charge in [-0.15, -0.1) is 23.4 Å². The number of methoxy groups -OCH3 is 1. The number of thioether (sulfide) groups is 1. The molecule has 2 atom stereocenters. The van der Waals surface area contributed by atoms with E-state index < -0.39 is 40.9 Å². The van der Waals surface area contributed by atoms with Crippen molar-refractivity contribution >= 4 is 69.6 Å². The zero-order valence-electron chi connectivity index (χ0n) is 23.8. The molecule has 17 heteroatoms. The van der Waals surface area contributed by atoms with Gasteiger partial charge in [-0.05, 0) is 44.0 Å². The second kappa shape index (κ2) is 13.6. The number of alkyl halides is 1. The van der Waals surface area contributed by atoms with Gasteiger partial charge in [0, 0.05) is 23.2 Å². The normalized spacial score (nSPS) is 18.3. The van der Waals surface area contributed by atoms with E-state index in [1.807, 2.05) is 0 Å². The van der Waals surface area contributed by atoms with Crippen molar-refractivity contribution in [2.75, 3.05) is 31.2 Å². The molecule has 3 heterocycles. The highest BCUT2D eigenvalue weighted by Gasteiger charge is 2.54. The Hall–Kier alpha value is -3.89. The predicted octanol–water partition coefficient (Wildman–Crippen LogP) is 2.88. The summed E-state index contributed by atoms with van der Waals surface area (Å²) in [5.74, 6) is -1.12. The maximum atomic E-state index is 13.2. The summed E-state index contributed by atoms with van der Waals surface area (Å²) in [6, 6.07) is 6.02. The lowest BCUT2D eigenvalue weighted by atomic mass is 10.0. The van der Waals surface area contributed by atoms with Gasteiger partial charge in [-0.3, -0.25) is 19.8 Å². The van der Waals surface area contributed by atoms with E-state index in [1.165, 1.54) is 23.8 Å². The number of anilines is 1. The van der Waals surface area contributed by atoms with Crippen LogP contribution < -0.4 is 15.4 Å². The molecule has 0 spiro atoms. The first kappa shape index (κ1) is 32.0. The van der Waals surface area contributed by atoms with E-state index in [4.69, 9.17) is 30.6 Å². The predicted molar refractivity (Wildman–Crippen MR) is 159 cm³/mol. The second-order valence-corrected chi connectivity index (χ2v) is 12.2. The molecule has 0 aliphatic carbocycles. The molecule has 0 saturated carbocycles. The van der Waals surface area contributed by atoms with Crippen LogP contribution in [0.1, 0.15) is 32.2 Å². The number of aromatic nitrogens is 2. The molecule has 1 saturated heterocycles. The maximum absolute atomic E-state index is 13.2. The van der Waals surface area contributed by atoms with Crippen molar-refractivity contribution in [2.45, 2.75) is 44.4 Å². The number of carbonyl (C=O) groups is 4. The highest BCUT2D eigenvalue weighted by molar-refractivity contribution is 8.00. The van der Waals surface area contributed by atoms with Gasteiger partial charge in [0.15, 0.2) is 0 Å². The van der Waals surface area contributed by atoms with Crippen LogP contribution in [0.5, 0.6) is 5.75 Å². The number of esters is 1. The average molecular weight is 653 g/mol. The number of nitrogens with zero attached hydrogens (tertiary/aromatic N) is 4. The zero-order chi connectivity index (χ0) is 31.3. The Morgan fingerprint density at radius 1 is 1.19 bits per heavy atom. The largest absolute Gasteiger partial charge is 0.497 e. The van der Waals surface area contributed by atoms with Crippen LogP contribution in [0.4, 0.5) is 9.93 Å². The van der Waals surface area contributed by atoms with Crippen molar-refractivity contribution in [2.24, 2.45) is 5.16 Å². The van der Waals surface area contributed by atoms with Crippen LogP contribution in [0, 0.1) is 0 Å². The molecule has 2 aromatic rings. The standard InChI is InChI=1S/C26H29ClN6O8S2/c1-26(2,3)41-25(37)30-24-29-19(32-43-24)16(31-39-5)20(34)28-17-21(35)33-18(14(10-27)12-42-22(17)33)23(36)40-11-13-6-8-15(38-4)9-7-13/h6-9,17,22H,10-12H2,1-5H3,(H,28,34)(H,29,30,32,37)/b31-16-. The highest BCUT2D eigenvalue weighted by Crippen LogP contribution is 2.41. The number of hydrogen-bond donors (Lipinski definition) is 2. The first-order valence-electron chi connectivity index (χ1n) is 12.7. The SMILES string of the molecule is CO/N=C(\C(=O)NC1C(=O)N2C(C(=O)OCc3ccc(OC)cc3)=C(CCl)CSC12)c1nsc(NC(=O)OC(C)(C)C)n1. The molecule has 14 nitrogen and oxygen atoms in total. The Morgan fingerprint density at radius 2 is 1.91 bits per heavy atom. The molecule has 43 heavy (non-hydrogen) atoms. The highest BCUT2D eigenvalue weighted by atomic mass is 35.5. The first-order chi connectivity index (χ1) is 20.4. The van der Waals surface area contributed by atoms with Gasteiger partial charge in [-0.25, -0.2) is 9.59 Å². The van der Waals surface area contributed by atoms with Gasteiger partial charge in [0.1, 0.15) is 42.2 Å². The first-order valence-corrected chi connectivity index (χ1v) is 15.1. The van der Waals surface area contributed by atoms with Crippen LogP contribution in [0.2, 0.25) is 0 Å². The minimum Gasteiger partial charge on any atom is -0.497 e. The van der Waals surface area contributed by atoms with Crippen LogP contribution in [0.25, 0.3) is 0 Å². The smallest absolute Gasteiger partial charge is 0.414 e. The molecule has 2 aliphatic rings. The molecule has 4 rings (SSSR count). The third kappa shape index (κ3) is 7.55. The molecule has 2 unspecified atom stereocenters. The van der Waals surface area contributed by atoms with Crippen molar-refractivity contribution < 1.29 is 38.2 Å². The van der Waals surface area contributed by atoms with Crippen LogP contribution in [-0.4, -0.2) is 86.7 Å². The Labute approximate surface area is 260 Å². The minimum atomic E-state index is -0.987. The number of amides is 3. The summed E-state index contributed by atoms with van der Waals surface area (Å²) in [6.07, 6.45) is -0.748. The van der Waals surface area contributed by atoms with Gasteiger partial charge >= 0.3 is 12.1 Å². The Bertz CT molecular complexity index is 1460. The van der Waals surface area contributed by atoms with E-state index in [1.54, 1.807) is 52.1 Å². The van der Waals surface area contributed by atoms with Gasteiger partial charge in [-0.2, -0.15) is 9.36 Å². The van der Waals surface area contributed by atoms with Crippen LogP contribution >= 0.6 is 34.9 Å². The Balaban J connectivity index is 1.42. The summed E-state index contributed by atoms with van der Waals surface area (Å²) in [5.41, 5.74) is 0.285. The third-order valence-corrected chi connectivity index (χ3v) is 8.15. The summed E-state index contributed by atoms with van der Waals surface area (Å²) in [5, 5.41) is 8.25. The van der Waals surface area contributed by atoms with E-state index >= 15 is 0 Å². The molecule has 230 valence electrons. The molecule has 1 fully saturated rings. The zero-order valence-corrected chi connectivity index (χ0v) is 26.2. The molecule has 0 bridgehead atoms. The summed E-state index contributed by atoms with van der Waals surface area (Å²) in [4.78, 5) is 61.8. The average Bonchev–Trinajstić information content (AvgIpc) is 3.43. The van der Waals surface area contributed by atoms with Crippen molar-refractivity contribution in [1.82, 2.24) is 19.6 Å². The summed E-state index contributed by atoms with van der Waals surface area (Å²) in [7, 11) is 2.78. The van der Waals surface area contributed by atoms with E-state index in [9.17, 15) is 19.2 Å². The topological polar surface area (TPSA) is 171 Å². The monoisotopic (exact) mass is 652 g/mol. The molecular formula is C26H29ClN6O8S2. The molecule has 1 aromatic carbocycles. The Kier molecular flexibility index (Phi) is 10.1. The number of rotatable bonds is 10. The number of carbonyl (C=O) groups excluding carboxylic acids is 4. The number of halogens is 1. The number of hydrogen-bond acceptors (Lipinski definition) is 13. The molecule has 0 radical (unpaired) electrons. The third-order valence-electron chi connectivity index (χ3n) is 5.86. The molecule has 1 aromatic heterocycles. The quantitative estimate of drug-likeness (QED) is 0.127. The summed E-state index contributed by atoms with van der Waals surface area (Å²) in [6.45, 7) is 5.10. The lowest BCUT2D eigenvalue weighted by Gasteiger charge is -2.49. The van der Waals surface area contributed by atoms with E-state index in [0.717, 1.165) is 17.1 Å². The minimum absolute atomic E-state index is 0.0211. The number of oxime groups is 1. The fraction of sp³-hybridized carbons (Fsp3) is 0.423. The summed E-state index contributed by atoms with van der Waals surface area (Å²) < 4.78 is 19.9.